The van der Waals surface area contributed by atoms with E-state index in [9.17, 15) is 17.6 Å². The molecule has 21 heavy (non-hydrogen) atoms. The van der Waals surface area contributed by atoms with Crippen molar-refractivity contribution in [2.45, 2.75) is 20.0 Å². The van der Waals surface area contributed by atoms with Crippen LogP contribution in [-0.2, 0) is 6.18 Å². The Hall–Kier alpha value is -2.18. The monoisotopic (exact) mass is 299 g/mol. The van der Waals surface area contributed by atoms with Crippen LogP contribution < -0.4 is 5.32 Å². The van der Waals surface area contributed by atoms with E-state index >= 15 is 0 Å². The van der Waals surface area contributed by atoms with Gasteiger partial charge >= 0.3 is 6.18 Å². The number of benzene rings is 1. The Morgan fingerprint density at radius 2 is 1.90 bits per heavy atom. The molecule has 7 heteroatoms. The molecule has 0 saturated heterocycles. The van der Waals surface area contributed by atoms with Gasteiger partial charge in [0.2, 0.25) is 0 Å². The molecule has 0 bridgehead atoms. The van der Waals surface area contributed by atoms with Crippen LogP contribution in [0.25, 0.3) is 11.4 Å². The van der Waals surface area contributed by atoms with E-state index in [1.165, 1.54) is 19.1 Å². The summed E-state index contributed by atoms with van der Waals surface area (Å²) in [5.41, 5.74) is -0.531. The summed E-state index contributed by atoms with van der Waals surface area (Å²) in [6, 6.07) is 4.64. The predicted molar refractivity (Wildman–Crippen MR) is 71.3 cm³/mol. The lowest BCUT2D eigenvalue weighted by molar-refractivity contribution is -0.137. The van der Waals surface area contributed by atoms with Gasteiger partial charge < -0.3 is 5.32 Å². The van der Waals surface area contributed by atoms with Crippen molar-refractivity contribution in [2.24, 2.45) is 0 Å². The van der Waals surface area contributed by atoms with E-state index in [0.717, 1.165) is 12.1 Å². The normalized spacial score (nSPS) is 11.5. The maximum Gasteiger partial charge on any atom is 0.416 e. The number of nitrogens with zero attached hydrogens (tertiary/aromatic N) is 2. The fourth-order valence-electron chi connectivity index (χ4n) is 1.81. The van der Waals surface area contributed by atoms with Crippen LogP contribution in [-0.4, -0.2) is 16.5 Å². The molecule has 0 aliphatic heterocycles. The highest BCUT2D eigenvalue weighted by Crippen LogP contribution is 2.31. The zero-order chi connectivity index (χ0) is 15.6. The summed E-state index contributed by atoms with van der Waals surface area (Å²) in [6.07, 6.45) is -4.45. The van der Waals surface area contributed by atoms with Crippen LogP contribution in [0, 0.1) is 12.7 Å². The molecule has 0 fully saturated rings. The largest absolute Gasteiger partial charge is 0.416 e. The number of alkyl halides is 3. The third kappa shape index (κ3) is 3.29. The third-order valence-corrected chi connectivity index (χ3v) is 2.81. The Kier molecular flexibility index (Phi) is 4.11. The SMILES string of the molecule is CCNc1nc(-c2cccc(C(F)(F)F)c2)nc(C)c1F. The minimum Gasteiger partial charge on any atom is -0.368 e. The van der Waals surface area contributed by atoms with Gasteiger partial charge in [0.1, 0.15) is 0 Å². The summed E-state index contributed by atoms with van der Waals surface area (Å²) in [5, 5.41) is 2.72. The van der Waals surface area contributed by atoms with Crippen molar-refractivity contribution in [1.29, 1.82) is 0 Å². The lowest BCUT2D eigenvalue weighted by atomic mass is 10.1. The maximum absolute atomic E-state index is 13.8. The molecule has 1 heterocycles. The van der Waals surface area contributed by atoms with E-state index in [0.29, 0.717) is 6.54 Å². The van der Waals surface area contributed by atoms with E-state index < -0.39 is 17.6 Å². The van der Waals surface area contributed by atoms with Crippen molar-refractivity contribution in [1.82, 2.24) is 9.97 Å². The third-order valence-electron chi connectivity index (χ3n) is 2.81. The minimum absolute atomic E-state index is 0.0163. The molecule has 112 valence electrons. The number of aryl methyl sites for hydroxylation is 1. The van der Waals surface area contributed by atoms with Gasteiger partial charge in [-0.2, -0.15) is 13.2 Å². The Labute approximate surface area is 119 Å². The van der Waals surface area contributed by atoms with Gasteiger partial charge in [-0.25, -0.2) is 14.4 Å². The van der Waals surface area contributed by atoms with Crippen molar-refractivity contribution in [3.63, 3.8) is 0 Å². The van der Waals surface area contributed by atoms with Crippen LogP contribution in [0.15, 0.2) is 24.3 Å². The molecule has 0 saturated carbocycles. The summed E-state index contributed by atoms with van der Waals surface area (Å²) in [4.78, 5) is 7.87. The zero-order valence-electron chi connectivity index (χ0n) is 11.4. The molecule has 0 aliphatic rings. The van der Waals surface area contributed by atoms with Crippen molar-refractivity contribution in [3.8, 4) is 11.4 Å². The molecule has 2 rings (SSSR count). The molecule has 0 amide bonds. The summed E-state index contributed by atoms with van der Waals surface area (Å²) in [7, 11) is 0. The molecule has 0 atom stereocenters. The van der Waals surface area contributed by atoms with Gasteiger partial charge in [0.25, 0.3) is 0 Å². The van der Waals surface area contributed by atoms with Gasteiger partial charge in [0, 0.05) is 12.1 Å². The molecule has 1 aromatic carbocycles. The van der Waals surface area contributed by atoms with Gasteiger partial charge in [-0.05, 0) is 26.0 Å². The Balaban J connectivity index is 2.52. The molecule has 0 spiro atoms. The average Bonchev–Trinajstić information content (AvgIpc) is 2.43. The lowest BCUT2D eigenvalue weighted by Gasteiger charge is -2.11. The topological polar surface area (TPSA) is 37.8 Å². The van der Waals surface area contributed by atoms with Crippen molar-refractivity contribution >= 4 is 5.82 Å². The van der Waals surface area contributed by atoms with Gasteiger partial charge in [0.15, 0.2) is 17.5 Å². The molecular formula is C14H13F4N3. The number of hydrogen-bond donors (Lipinski definition) is 1. The lowest BCUT2D eigenvalue weighted by Crippen LogP contribution is -2.08. The van der Waals surface area contributed by atoms with Gasteiger partial charge in [-0.3, -0.25) is 0 Å². The number of rotatable bonds is 3. The van der Waals surface area contributed by atoms with Gasteiger partial charge in [0.05, 0.1) is 11.3 Å². The quantitative estimate of drug-likeness (QED) is 0.869. The summed E-state index contributed by atoms with van der Waals surface area (Å²) < 4.78 is 51.9. The number of nitrogens with one attached hydrogen (secondary N) is 1. The van der Waals surface area contributed by atoms with Crippen LogP contribution in [0.2, 0.25) is 0 Å². The second-order valence-electron chi connectivity index (χ2n) is 4.40. The van der Waals surface area contributed by atoms with Crippen molar-refractivity contribution in [3.05, 3.63) is 41.3 Å². The van der Waals surface area contributed by atoms with E-state index in [-0.39, 0.29) is 22.9 Å². The Bertz CT molecular complexity index is 653. The first-order chi connectivity index (χ1) is 9.82. The van der Waals surface area contributed by atoms with Gasteiger partial charge in [-0.15, -0.1) is 0 Å². The Morgan fingerprint density at radius 1 is 1.19 bits per heavy atom. The standard InChI is InChI=1S/C14H13F4N3/c1-3-19-13-11(15)8(2)20-12(21-13)9-5-4-6-10(7-9)14(16,17)18/h4-7H,3H2,1-2H3,(H,19,20,21). The van der Waals surface area contributed by atoms with Crippen LogP contribution in [0.4, 0.5) is 23.4 Å². The molecular weight excluding hydrogens is 286 g/mol. The highest BCUT2D eigenvalue weighted by molar-refractivity contribution is 5.59. The first-order valence-corrected chi connectivity index (χ1v) is 6.28. The van der Waals surface area contributed by atoms with E-state index in [4.69, 9.17) is 0 Å². The van der Waals surface area contributed by atoms with E-state index in [2.05, 4.69) is 15.3 Å². The summed E-state index contributed by atoms with van der Waals surface area (Å²) in [6.45, 7) is 3.64. The van der Waals surface area contributed by atoms with Crippen LogP contribution in [0.5, 0.6) is 0 Å². The fourth-order valence-corrected chi connectivity index (χ4v) is 1.81. The first-order valence-electron chi connectivity index (χ1n) is 6.28. The van der Waals surface area contributed by atoms with Gasteiger partial charge in [-0.1, -0.05) is 12.1 Å². The highest BCUT2D eigenvalue weighted by Gasteiger charge is 2.30. The highest BCUT2D eigenvalue weighted by atomic mass is 19.4. The van der Waals surface area contributed by atoms with Crippen LogP contribution >= 0.6 is 0 Å². The van der Waals surface area contributed by atoms with E-state index in [1.54, 1.807) is 6.92 Å². The second-order valence-corrected chi connectivity index (χ2v) is 4.40. The molecule has 1 aromatic heterocycles. The number of hydrogen-bond acceptors (Lipinski definition) is 3. The van der Waals surface area contributed by atoms with E-state index in [1.807, 2.05) is 0 Å². The molecule has 0 radical (unpaired) electrons. The number of anilines is 1. The summed E-state index contributed by atoms with van der Waals surface area (Å²) in [5.74, 6) is -0.569. The molecule has 3 nitrogen and oxygen atoms in total. The number of halogens is 4. The smallest absolute Gasteiger partial charge is 0.368 e. The molecule has 0 unspecified atom stereocenters. The van der Waals surface area contributed by atoms with Crippen molar-refractivity contribution < 1.29 is 17.6 Å². The fraction of sp³-hybridized carbons (Fsp3) is 0.286. The first kappa shape index (κ1) is 15.2. The van der Waals surface area contributed by atoms with Crippen LogP contribution in [0.1, 0.15) is 18.2 Å². The van der Waals surface area contributed by atoms with Crippen LogP contribution in [0.3, 0.4) is 0 Å². The maximum atomic E-state index is 13.8. The average molecular weight is 299 g/mol. The second kappa shape index (κ2) is 5.67. The minimum atomic E-state index is -4.45. The summed E-state index contributed by atoms with van der Waals surface area (Å²) >= 11 is 0. The predicted octanol–water partition coefficient (Wildman–Crippen LogP) is 4.04. The Morgan fingerprint density at radius 3 is 2.52 bits per heavy atom. The number of aromatic nitrogens is 2. The van der Waals surface area contributed by atoms with Crippen molar-refractivity contribution in [2.75, 3.05) is 11.9 Å². The zero-order valence-corrected chi connectivity index (χ0v) is 11.4. The molecule has 2 aromatic rings. The molecule has 0 aliphatic carbocycles. The molecule has 1 N–H and O–H groups in total.